The average molecular weight is 247 g/mol. The van der Waals surface area contributed by atoms with Crippen LogP contribution in [0, 0.1) is 0 Å². The zero-order valence-electron chi connectivity index (χ0n) is 10.7. The molecule has 1 N–H and O–H groups in total. The Morgan fingerprint density at radius 2 is 1.94 bits per heavy atom. The number of nitrogens with zero attached hydrogens (tertiary/aromatic N) is 1. The molecule has 1 aliphatic rings. The van der Waals surface area contributed by atoms with E-state index in [1.165, 1.54) is 12.8 Å². The van der Waals surface area contributed by atoms with Gasteiger partial charge >= 0.3 is 0 Å². The highest BCUT2D eigenvalue weighted by atomic mass is 16.3. The van der Waals surface area contributed by atoms with Crippen molar-refractivity contribution in [3.63, 3.8) is 0 Å². The van der Waals surface area contributed by atoms with Gasteiger partial charge in [-0.2, -0.15) is 0 Å². The first-order chi connectivity index (χ1) is 8.81. The maximum atomic E-state index is 11.9. The van der Waals surface area contributed by atoms with Gasteiger partial charge in [-0.3, -0.25) is 9.69 Å². The third kappa shape index (κ3) is 3.93. The topological polar surface area (TPSA) is 40.5 Å². The number of hydrogen-bond acceptors (Lipinski definition) is 3. The Hall–Kier alpha value is -1.19. The molecule has 0 radical (unpaired) electrons. The van der Waals surface area contributed by atoms with E-state index in [0.29, 0.717) is 12.5 Å². The van der Waals surface area contributed by atoms with E-state index < -0.39 is 0 Å². The molecule has 1 fully saturated rings. The lowest BCUT2D eigenvalue weighted by atomic mass is 10.1. The van der Waals surface area contributed by atoms with Crippen LogP contribution >= 0.6 is 0 Å². The van der Waals surface area contributed by atoms with Crippen LogP contribution in [0.25, 0.3) is 0 Å². The van der Waals surface area contributed by atoms with Crippen LogP contribution in [-0.2, 0) is 0 Å². The first kappa shape index (κ1) is 13.2. The Balaban J connectivity index is 1.72. The van der Waals surface area contributed by atoms with Crippen molar-refractivity contribution in [3.05, 3.63) is 35.9 Å². The van der Waals surface area contributed by atoms with Crippen LogP contribution in [0.1, 0.15) is 36.0 Å². The van der Waals surface area contributed by atoms with Gasteiger partial charge in [-0.25, -0.2) is 0 Å². The van der Waals surface area contributed by atoms with Gasteiger partial charge in [0.25, 0.3) is 0 Å². The molecule has 98 valence electrons. The molecule has 0 saturated heterocycles. The molecule has 0 bridgehead atoms. The van der Waals surface area contributed by atoms with E-state index in [4.69, 9.17) is 5.11 Å². The van der Waals surface area contributed by atoms with Gasteiger partial charge in [0.15, 0.2) is 5.78 Å². The Morgan fingerprint density at radius 1 is 1.22 bits per heavy atom. The van der Waals surface area contributed by atoms with E-state index in [-0.39, 0.29) is 12.4 Å². The Labute approximate surface area is 108 Å². The van der Waals surface area contributed by atoms with Gasteiger partial charge in [0, 0.05) is 24.6 Å². The van der Waals surface area contributed by atoms with E-state index >= 15 is 0 Å². The number of Topliss-reactive ketones (excluding diaryl/α,β-unsaturated/α-hetero) is 1. The van der Waals surface area contributed by atoms with E-state index in [1.807, 2.05) is 30.3 Å². The van der Waals surface area contributed by atoms with Crippen molar-refractivity contribution in [2.45, 2.75) is 31.7 Å². The van der Waals surface area contributed by atoms with Crippen LogP contribution in [0.4, 0.5) is 0 Å². The first-order valence-electron chi connectivity index (χ1n) is 6.74. The van der Waals surface area contributed by atoms with E-state index in [0.717, 1.165) is 25.1 Å². The maximum absolute atomic E-state index is 11.9. The predicted molar refractivity (Wildman–Crippen MR) is 71.7 cm³/mol. The number of hydrogen-bond donors (Lipinski definition) is 1. The molecule has 0 aromatic heterocycles. The number of carbonyl (C=O) groups excluding carboxylic acids is 1. The largest absolute Gasteiger partial charge is 0.395 e. The molecular weight excluding hydrogens is 226 g/mol. The third-order valence-corrected chi connectivity index (χ3v) is 3.40. The molecule has 0 atom stereocenters. The average Bonchev–Trinajstić information content (AvgIpc) is 3.23. The molecule has 0 unspecified atom stereocenters. The molecule has 1 aromatic rings. The summed E-state index contributed by atoms with van der Waals surface area (Å²) in [6.07, 6.45) is 3.96. The fraction of sp³-hybridized carbons (Fsp3) is 0.533. The van der Waals surface area contributed by atoms with Crippen molar-refractivity contribution in [1.82, 2.24) is 4.90 Å². The van der Waals surface area contributed by atoms with Crippen LogP contribution in [0.5, 0.6) is 0 Å². The Kier molecular flexibility index (Phi) is 4.90. The van der Waals surface area contributed by atoms with Crippen molar-refractivity contribution in [2.24, 2.45) is 0 Å². The van der Waals surface area contributed by atoms with Gasteiger partial charge in [0.05, 0.1) is 6.61 Å². The van der Waals surface area contributed by atoms with Crippen molar-refractivity contribution in [2.75, 3.05) is 19.7 Å². The smallest absolute Gasteiger partial charge is 0.162 e. The highest BCUT2D eigenvalue weighted by Crippen LogP contribution is 2.26. The van der Waals surface area contributed by atoms with Gasteiger partial charge in [-0.05, 0) is 25.8 Å². The molecule has 3 heteroatoms. The molecular formula is C15H21NO2. The Bertz CT molecular complexity index is 373. The minimum absolute atomic E-state index is 0.211. The molecule has 0 heterocycles. The van der Waals surface area contributed by atoms with Gasteiger partial charge in [0.1, 0.15) is 0 Å². The van der Waals surface area contributed by atoms with Crippen LogP contribution in [-0.4, -0.2) is 41.5 Å². The highest BCUT2D eigenvalue weighted by molar-refractivity contribution is 5.95. The van der Waals surface area contributed by atoms with Gasteiger partial charge in [-0.15, -0.1) is 0 Å². The number of aliphatic hydroxyl groups excluding tert-OH is 1. The summed E-state index contributed by atoms with van der Waals surface area (Å²) in [7, 11) is 0. The monoisotopic (exact) mass is 247 g/mol. The maximum Gasteiger partial charge on any atom is 0.162 e. The van der Waals surface area contributed by atoms with Crippen molar-refractivity contribution in [1.29, 1.82) is 0 Å². The Morgan fingerprint density at radius 3 is 2.56 bits per heavy atom. The number of carbonyl (C=O) groups is 1. The fourth-order valence-electron chi connectivity index (χ4n) is 2.26. The van der Waals surface area contributed by atoms with Gasteiger partial charge in [0.2, 0.25) is 0 Å². The van der Waals surface area contributed by atoms with Crippen LogP contribution in [0.15, 0.2) is 30.3 Å². The van der Waals surface area contributed by atoms with Crippen molar-refractivity contribution >= 4 is 5.78 Å². The van der Waals surface area contributed by atoms with Crippen LogP contribution in [0.2, 0.25) is 0 Å². The number of ketones is 1. The van der Waals surface area contributed by atoms with Crippen LogP contribution < -0.4 is 0 Å². The minimum atomic E-state index is 0.211. The molecule has 2 rings (SSSR count). The lowest BCUT2D eigenvalue weighted by Gasteiger charge is -2.20. The molecule has 18 heavy (non-hydrogen) atoms. The third-order valence-electron chi connectivity index (χ3n) is 3.40. The highest BCUT2D eigenvalue weighted by Gasteiger charge is 2.27. The molecule has 0 amide bonds. The molecule has 1 aromatic carbocycles. The number of rotatable bonds is 8. The SMILES string of the molecule is O=C(CCCN(CCO)C1CC1)c1ccccc1. The minimum Gasteiger partial charge on any atom is -0.395 e. The summed E-state index contributed by atoms with van der Waals surface area (Å²) >= 11 is 0. The summed E-state index contributed by atoms with van der Waals surface area (Å²) < 4.78 is 0. The van der Waals surface area contributed by atoms with Gasteiger partial charge < -0.3 is 5.11 Å². The zero-order valence-corrected chi connectivity index (χ0v) is 10.7. The second kappa shape index (κ2) is 6.66. The summed E-state index contributed by atoms with van der Waals surface area (Å²) in [5, 5.41) is 8.99. The van der Waals surface area contributed by atoms with Crippen molar-refractivity contribution < 1.29 is 9.90 Å². The standard InChI is InChI=1S/C15H21NO2/c17-12-11-16(14-8-9-14)10-4-7-15(18)13-5-2-1-3-6-13/h1-3,5-6,14,17H,4,7-12H2. The summed E-state index contributed by atoms with van der Waals surface area (Å²) in [6, 6.07) is 10.1. The van der Waals surface area contributed by atoms with E-state index in [1.54, 1.807) is 0 Å². The fourth-order valence-corrected chi connectivity index (χ4v) is 2.26. The second-order valence-corrected chi connectivity index (χ2v) is 4.88. The molecule has 1 aliphatic carbocycles. The summed E-state index contributed by atoms with van der Waals surface area (Å²) in [5.74, 6) is 0.218. The summed E-state index contributed by atoms with van der Waals surface area (Å²) in [6.45, 7) is 1.87. The van der Waals surface area contributed by atoms with E-state index in [9.17, 15) is 4.79 Å². The number of aliphatic hydroxyl groups is 1. The van der Waals surface area contributed by atoms with Crippen LogP contribution in [0.3, 0.4) is 0 Å². The van der Waals surface area contributed by atoms with Gasteiger partial charge in [-0.1, -0.05) is 30.3 Å². The lowest BCUT2D eigenvalue weighted by molar-refractivity contribution is 0.0972. The van der Waals surface area contributed by atoms with Crippen molar-refractivity contribution in [3.8, 4) is 0 Å². The summed E-state index contributed by atoms with van der Waals surface area (Å²) in [4.78, 5) is 14.2. The predicted octanol–water partition coefficient (Wildman–Crippen LogP) is 2.11. The first-order valence-corrected chi connectivity index (χ1v) is 6.74. The molecule has 0 aliphatic heterocycles. The second-order valence-electron chi connectivity index (χ2n) is 4.88. The normalized spacial score (nSPS) is 15.0. The lowest BCUT2D eigenvalue weighted by Crippen LogP contribution is -2.30. The zero-order chi connectivity index (χ0) is 12.8. The van der Waals surface area contributed by atoms with E-state index in [2.05, 4.69) is 4.90 Å². The quantitative estimate of drug-likeness (QED) is 0.715. The molecule has 3 nitrogen and oxygen atoms in total. The summed E-state index contributed by atoms with van der Waals surface area (Å²) in [5.41, 5.74) is 0.803. The molecule has 0 spiro atoms. The molecule has 1 saturated carbocycles. The number of benzene rings is 1.